The number of para-hydroxylation sites is 1. The van der Waals surface area contributed by atoms with Gasteiger partial charge in [-0.3, -0.25) is 18.8 Å². The minimum Gasteiger partial charge on any atom is -0.322 e. The highest BCUT2D eigenvalue weighted by molar-refractivity contribution is 7.07. The number of nitrogens with zero attached hydrogens (tertiary/aromatic N) is 4. The molecule has 36 heavy (non-hydrogen) atoms. The minimum atomic E-state index is -0.590. The Kier molecular flexibility index (Phi) is 6.28. The first kappa shape index (κ1) is 23.7. The number of nitrogens with one attached hydrogen (secondary N) is 1. The van der Waals surface area contributed by atoms with Crippen molar-refractivity contribution in [2.75, 3.05) is 5.32 Å². The molecule has 0 saturated carbocycles. The second-order valence-corrected chi connectivity index (χ2v) is 9.80. The molecule has 1 amide bonds. The van der Waals surface area contributed by atoms with Crippen molar-refractivity contribution >= 4 is 29.0 Å². The fourth-order valence-electron chi connectivity index (χ4n) is 4.44. The van der Waals surface area contributed by atoms with Gasteiger partial charge in [-0.25, -0.2) is 4.99 Å². The highest BCUT2D eigenvalue weighted by Gasteiger charge is 2.32. The highest BCUT2D eigenvalue weighted by Crippen LogP contribution is 2.31. The molecule has 7 nitrogen and oxygen atoms in total. The fourth-order valence-corrected chi connectivity index (χ4v) is 5.48. The molecule has 2 aromatic heterocycles. The molecular formula is C28H27N5O2S. The molecule has 2 aromatic carbocycles. The van der Waals surface area contributed by atoms with E-state index in [1.807, 2.05) is 99.2 Å². The van der Waals surface area contributed by atoms with E-state index >= 15 is 0 Å². The van der Waals surface area contributed by atoms with Crippen molar-refractivity contribution in [3.8, 4) is 0 Å². The van der Waals surface area contributed by atoms with Gasteiger partial charge in [-0.15, -0.1) is 0 Å². The first-order valence-corrected chi connectivity index (χ1v) is 12.7. The Labute approximate surface area is 212 Å². The number of carbonyl (C=O) groups is 1. The number of aromatic nitrogens is 3. The normalized spacial score (nSPS) is 15.6. The smallest absolute Gasteiger partial charge is 0.271 e. The van der Waals surface area contributed by atoms with Crippen molar-refractivity contribution in [3.63, 3.8) is 0 Å². The van der Waals surface area contributed by atoms with Crippen LogP contribution in [0.2, 0.25) is 0 Å². The maximum atomic E-state index is 13.8. The Morgan fingerprint density at radius 2 is 1.81 bits per heavy atom. The SMILES string of the molecule is CCn1cc(/C=c2/sc3n(c2=O)[C@H](c2ccccc2)C(C(=O)Nc2ccccc2C)=C(C)N=3)c(C)n1. The molecule has 5 rings (SSSR count). The third-order valence-corrected chi connectivity index (χ3v) is 7.35. The van der Waals surface area contributed by atoms with Gasteiger partial charge < -0.3 is 5.32 Å². The molecule has 4 aromatic rings. The van der Waals surface area contributed by atoms with Crippen LogP contribution in [0.15, 0.2) is 81.9 Å². The van der Waals surface area contributed by atoms with Gasteiger partial charge in [-0.2, -0.15) is 5.10 Å². The van der Waals surface area contributed by atoms with Crippen LogP contribution in [-0.4, -0.2) is 20.3 Å². The summed E-state index contributed by atoms with van der Waals surface area (Å²) in [5.74, 6) is -0.270. The molecule has 0 unspecified atom stereocenters. The fraction of sp³-hybridized carbons (Fsp3) is 0.214. The molecule has 8 heteroatoms. The molecule has 182 valence electrons. The largest absolute Gasteiger partial charge is 0.322 e. The minimum absolute atomic E-state index is 0.176. The van der Waals surface area contributed by atoms with E-state index in [1.54, 1.807) is 4.57 Å². The summed E-state index contributed by atoms with van der Waals surface area (Å²) in [5.41, 5.74) is 5.17. The van der Waals surface area contributed by atoms with Crippen LogP contribution in [0.3, 0.4) is 0 Å². The van der Waals surface area contributed by atoms with Gasteiger partial charge in [0.1, 0.15) is 0 Å². The first-order valence-electron chi connectivity index (χ1n) is 11.9. The summed E-state index contributed by atoms with van der Waals surface area (Å²) in [6, 6.07) is 16.7. The molecule has 1 N–H and O–H groups in total. The summed E-state index contributed by atoms with van der Waals surface area (Å²) in [5, 5.41) is 7.53. The lowest BCUT2D eigenvalue weighted by Crippen LogP contribution is -2.40. The van der Waals surface area contributed by atoms with E-state index in [4.69, 9.17) is 4.99 Å². The van der Waals surface area contributed by atoms with Crippen LogP contribution in [0.4, 0.5) is 5.69 Å². The third kappa shape index (κ3) is 4.24. The number of thiazole rings is 1. The van der Waals surface area contributed by atoms with E-state index in [-0.39, 0.29) is 11.5 Å². The molecule has 0 aliphatic carbocycles. The Bertz CT molecular complexity index is 1670. The third-order valence-electron chi connectivity index (χ3n) is 6.37. The van der Waals surface area contributed by atoms with E-state index in [2.05, 4.69) is 10.4 Å². The van der Waals surface area contributed by atoms with Crippen LogP contribution >= 0.6 is 11.3 Å². The number of fused-ring (bicyclic) bond motifs is 1. The van der Waals surface area contributed by atoms with Crippen molar-refractivity contribution in [3.05, 3.63) is 114 Å². The van der Waals surface area contributed by atoms with Crippen molar-refractivity contribution in [1.29, 1.82) is 0 Å². The van der Waals surface area contributed by atoms with E-state index in [9.17, 15) is 9.59 Å². The molecule has 0 bridgehead atoms. The van der Waals surface area contributed by atoms with Crippen LogP contribution in [0.1, 0.15) is 42.3 Å². The Morgan fingerprint density at radius 1 is 1.08 bits per heavy atom. The highest BCUT2D eigenvalue weighted by atomic mass is 32.1. The number of benzene rings is 2. The lowest BCUT2D eigenvalue weighted by molar-refractivity contribution is -0.113. The lowest BCUT2D eigenvalue weighted by Gasteiger charge is -2.25. The summed E-state index contributed by atoms with van der Waals surface area (Å²) in [6.07, 6.45) is 3.81. The number of hydrogen-bond donors (Lipinski definition) is 1. The number of hydrogen-bond acceptors (Lipinski definition) is 5. The van der Waals surface area contributed by atoms with Gasteiger partial charge in [-0.1, -0.05) is 59.9 Å². The number of rotatable bonds is 5. The van der Waals surface area contributed by atoms with Gasteiger partial charge in [0.05, 0.1) is 27.5 Å². The number of anilines is 1. The number of amides is 1. The van der Waals surface area contributed by atoms with Crippen LogP contribution in [0.25, 0.3) is 6.08 Å². The number of aryl methyl sites for hydroxylation is 3. The Morgan fingerprint density at radius 3 is 2.50 bits per heavy atom. The first-order chi connectivity index (χ1) is 17.4. The standard InChI is InChI=1S/C28H27N5O2S/c1-5-32-16-21(18(3)31-32)15-23-27(35)33-25(20-12-7-6-8-13-20)24(19(4)29-28(33)36-23)26(34)30-22-14-10-9-11-17(22)2/h6-16,25H,5H2,1-4H3,(H,30,34)/b23-15+/t25-/m1/s1. The van der Waals surface area contributed by atoms with Gasteiger partial charge in [0.15, 0.2) is 4.80 Å². The zero-order chi connectivity index (χ0) is 25.4. The molecule has 3 heterocycles. The molecule has 0 saturated heterocycles. The topological polar surface area (TPSA) is 81.3 Å². The summed E-state index contributed by atoms with van der Waals surface area (Å²) in [7, 11) is 0. The van der Waals surface area contributed by atoms with Crippen LogP contribution in [0, 0.1) is 13.8 Å². The molecule has 1 atom stereocenters. The van der Waals surface area contributed by atoms with Crippen molar-refractivity contribution in [2.45, 2.75) is 40.3 Å². The van der Waals surface area contributed by atoms with Gasteiger partial charge in [-0.05, 0) is 51.0 Å². The molecule has 0 radical (unpaired) electrons. The zero-order valence-electron chi connectivity index (χ0n) is 20.6. The van der Waals surface area contributed by atoms with E-state index in [0.717, 1.165) is 34.6 Å². The summed E-state index contributed by atoms with van der Waals surface area (Å²) < 4.78 is 4.05. The monoisotopic (exact) mass is 497 g/mol. The van der Waals surface area contributed by atoms with E-state index in [0.29, 0.717) is 20.6 Å². The average molecular weight is 498 g/mol. The van der Waals surface area contributed by atoms with Gasteiger partial charge in [0.2, 0.25) is 0 Å². The Balaban J connectivity index is 1.67. The zero-order valence-corrected chi connectivity index (χ0v) is 21.5. The van der Waals surface area contributed by atoms with E-state index in [1.165, 1.54) is 11.3 Å². The van der Waals surface area contributed by atoms with Crippen molar-refractivity contribution in [2.24, 2.45) is 4.99 Å². The molecular weight excluding hydrogens is 470 g/mol. The summed E-state index contributed by atoms with van der Waals surface area (Å²) in [6.45, 7) is 8.48. The van der Waals surface area contributed by atoms with Crippen LogP contribution in [-0.2, 0) is 11.3 Å². The predicted octanol–water partition coefficient (Wildman–Crippen LogP) is 3.71. The Hall–Kier alpha value is -4.04. The maximum absolute atomic E-state index is 13.8. The maximum Gasteiger partial charge on any atom is 0.271 e. The molecule has 1 aliphatic rings. The van der Waals surface area contributed by atoms with Crippen molar-refractivity contribution < 1.29 is 4.79 Å². The average Bonchev–Trinajstić information content (AvgIpc) is 3.38. The lowest BCUT2D eigenvalue weighted by atomic mass is 9.95. The second-order valence-electron chi connectivity index (χ2n) is 8.79. The van der Waals surface area contributed by atoms with E-state index < -0.39 is 6.04 Å². The number of carbonyl (C=O) groups excluding carboxylic acids is 1. The molecule has 0 spiro atoms. The van der Waals surface area contributed by atoms with Crippen molar-refractivity contribution in [1.82, 2.24) is 14.3 Å². The molecule has 1 aliphatic heterocycles. The summed E-state index contributed by atoms with van der Waals surface area (Å²) >= 11 is 1.33. The summed E-state index contributed by atoms with van der Waals surface area (Å²) in [4.78, 5) is 32.7. The van der Waals surface area contributed by atoms with Gasteiger partial charge in [0, 0.05) is 24.0 Å². The predicted molar refractivity (Wildman–Crippen MR) is 143 cm³/mol. The number of allylic oxidation sites excluding steroid dienone is 1. The van der Waals surface area contributed by atoms with Crippen LogP contribution < -0.4 is 20.2 Å². The van der Waals surface area contributed by atoms with Gasteiger partial charge in [0.25, 0.3) is 11.5 Å². The van der Waals surface area contributed by atoms with Gasteiger partial charge >= 0.3 is 0 Å². The second kappa shape index (κ2) is 9.54. The molecule has 0 fully saturated rings. The van der Waals surface area contributed by atoms with Crippen LogP contribution in [0.5, 0.6) is 0 Å². The quantitative estimate of drug-likeness (QED) is 0.457.